The zero-order valence-electron chi connectivity index (χ0n) is 21.0. The minimum atomic E-state index is -0.487. The van der Waals surface area contributed by atoms with Crippen LogP contribution in [0.15, 0.2) is 65.5 Å². The number of para-hydroxylation sites is 1. The normalized spacial score (nSPS) is 15.4. The molecule has 3 nitrogen and oxygen atoms in total. The lowest BCUT2D eigenvalue weighted by Crippen LogP contribution is -2.45. The van der Waals surface area contributed by atoms with E-state index in [1.54, 1.807) is 34.9 Å². The van der Waals surface area contributed by atoms with Gasteiger partial charge in [-0.3, -0.25) is 14.3 Å². The second-order valence-electron chi connectivity index (χ2n) is 10.6. The van der Waals surface area contributed by atoms with Crippen LogP contribution in [0.4, 0.5) is 4.39 Å². The van der Waals surface area contributed by atoms with Crippen molar-refractivity contribution in [2.24, 2.45) is 0 Å². The van der Waals surface area contributed by atoms with Crippen molar-refractivity contribution in [2.45, 2.75) is 45.1 Å². The number of pyridine rings is 1. The highest BCUT2D eigenvalue weighted by atomic mass is 35.5. The molecular weight excluding hydrogens is 530 g/mol. The van der Waals surface area contributed by atoms with E-state index in [-0.39, 0.29) is 16.1 Å². The Bertz CT molecular complexity index is 1530. The van der Waals surface area contributed by atoms with Gasteiger partial charge in [0.05, 0.1) is 26.3 Å². The predicted molar refractivity (Wildman–Crippen MR) is 153 cm³/mol. The molecule has 0 saturated carbocycles. The van der Waals surface area contributed by atoms with Crippen LogP contribution in [0.1, 0.15) is 45.1 Å². The third kappa shape index (κ3) is 5.05. The molecule has 0 atom stereocenters. The van der Waals surface area contributed by atoms with Gasteiger partial charge >= 0.3 is 0 Å². The summed E-state index contributed by atoms with van der Waals surface area (Å²) in [5, 5.41) is 1.63. The van der Waals surface area contributed by atoms with Gasteiger partial charge in [-0.2, -0.15) is 0 Å². The van der Waals surface area contributed by atoms with Gasteiger partial charge < -0.3 is 0 Å². The summed E-state index contributed by atoms with van der Waals surface area (Å²) in [6.07, 6.45) is 1.97. The summed E-state index contributed by atoms with van der Waals surface area (Å²) in [5.74, 6) is -0.192. The number of hydrogen-bond donors (Lipinski definition) is 0. The third-order valence-electron chi connectivity index (χ3n) is 7.34. The van der Waals surface area contributed by atoms with E-state index in [1.807, 2.05) is 6.07 Å². The minimum absolute atomic E-state index is 0.0681. The van der Waals surface area contributed by atoms with E-state index >= 15 is 0 Å². The van der Waals surface area contributed by atoms with Gasteiger partial charge in [0.15, 0.2) is 0 Å². The smallest absolute Gasteiger partial charge is 0.255 e. The highest BCUT2D eigenvalue weighted by Gasteiger charge is 2.28. The number of benzene rings is 3. The van der Waals surface area contributed by atoms with E-state index in [0.29, 0.717) is 32.7 Å². The summed E-state index contributed by atoms with van der Waals surface area (Å²) in [7, 11) is 0. The Hall–Kier alpha value is -2.37. The maximum Gasteiger partial charge on any atom is 0.255 e. The molecular formula is C30H28Cl3FN2O. The van der Waals surface area contributed by atoms with Gasteiger partial charge in [0.1, 0.15) is 5.82 Å². The molecule has 0 aliphatic carbocycles. The van der Waals surface area contributed by atoms with Crippen LogP contribution >= 0.6 is 34.8 Å². The molecule has 37 heavy (non-hydrogen) atoms. The van der Waals surface area contributed by atoms with Gasteiger partial charge in [-0.1, -0.05) is 53.0 Å². The van der Waals surface area contributed by atoms with Gasteiger partial charge in [-0.05, 0) is 106 Å². The van der Waals surface area contributed by atoms with E-state index < -0.39 is 5.82 Å². The van der Waals surface area contributed by atoms with Crippen LogP contribution in [0.3, 0.4) is 0 Å². The van der Waals surface area contributed by atoms with Crippen LogP contribution in [0.5, 0.6) is 0 Å². The zero-order valence-corrected chi connectivity index (χ0v) is 23.3. The third-order valence-corrected chi connectivity index (χ3v) is 8.26. The Kier molecular flexibility index (Phi) is 7.14. The first-order valence-electron chi connectivity index (χ1n) is 12.4. The van der Waals surface area contributed by atoms with Crippen molar-refractivity contribution >= 4 is 45.7 Å². The molecule has 1 aromatic heterocycles. The molecule has 1 aliphatic heterocycles. The van der Waals surface area contributed by atoms with Crippen molar-refractivity contribution in [1.29, 1.82) is 0 Å². The summed E-state index contributed by atoms with van der Waals surface area (Å²) in [6, 6.07) is 17.5. The lowest BCUT2D eigenvalue weighted by molar-refractivity contribution is 0.102. The maximum atomic E-state index is 14.6. The molecule has 2 heterocycles. The van der Waals surface area contributed by atoms with E-state index in [9.17, 15) is 9.18 Å². The van der Waals surface area contributed by atoms with Crippen molar-refractivity contribution in [3.8, 4) is 16.8 Å². The molecule has 0 spiro atoms. The topological polar surface area (TPSA) is 25.2 Å². The monoisotopic (exact) mass is 556 g/mol. The fourth-order valence-electron chi connectivity index (χ4n) is 5.32. The Morgan fingerprint density at radius 2 is 1.54 bits per heavy atom. The summed E-state index contributed by atoms with van der Waals surface area (Å²) in [4.78, 5) is 15.8. The van der Waals surface area contributed by atoms with Gasteiger partial charge in [-0.25, -0.2) is 4.39 Å². The first-order chi connectivity index (χ1) is 17.5. The van der Waals surface area contributed by atoms with E-state index in [1.165, 1.54) is 12.1 Å². The maximum absolute atomic E-state index is 14.6. The first kappa shape index (κ1) is 26.2. The number of fused-ring (bicyclic) bond motifs is 1. The molecule has 0 unspecified atom stereocenters. The lowest BCUT2D eigenvalue weighted by Gasteiger charge is -2.41. The zero-order chi connectivity index (χ0) is 26.5. The highest BCUT2D eigenvalue weighted by Crippen LogP contribution is 2.39. The summed E-state index contributed by atoms with van der Waals surface area (Å²) >= 11 is 19.1. The Balaban J connectivity index is 1.76. The molecule has 0 radical (unpaired) electrons. The second-order valence-corrected chi connectivity index (χ2v) is 11.9. The van der Waals surface area contributed by atoms with Crippen LogP contribution in [-0.2, 0) is 0 Å². The Labute approximate surface area is 231 Å². The van der Waals surface area contributed by atoms with Crippen LogP contribution in [-0.4, -0.2) is 28.1 Å². The SMILES string of the molecule is CC(C)(C)N1CCC(c2cc(-c3ccc(Cl)c(F)c3)c3ccc(=O)n(-c4c(Cl)cccc4Cl)c3c2)CC1. The summed E-state index contributed by atoms with van der Waals surface area (Å²) in [6.45, 7) is 8.68. The average molecular weight is 558 g/mol. The van der Waals surface area contributed by atoms with E-state index in [4.69, 9.17) is 34.8 Å². The fraction of sp³-hybridized carbons (Fsp3) is 0.300. The molecule has 0 amide bonds. The van der Waals surface area contributed by atoms with E-state index in [0.717, 1.165) is 42.4 Å². The van der Waals surface area contributed by atoms with Crippen molar-refractivity contribution < 1.29 is 4.39 Å². The van der Waals surface area contributed by atoms with Gasteiger partial charge in [0.2, 0.25) is 0 Å². The van der Waals surface area contributed by atoms with Crippen molar-refractivity contribution in [1.82, 2.24) is 9.47 Å². The molecule has 1 fully saturated rings. The summed E-state index contributed by atoms with van der Waals surface area (Å²) in [5.41, 5.74) is 3.62. The standard InChI is InChI=1S/C30H28Cl3FN2O/c1-30(2,3)35-13-11-18(12-14-35)20-15-22(19-7-9-23(31)26(34)16-19)21-8-10-28(37)36(27(21)17-20)29-24(32)5-4-6-25(29)33/h4-10,15-18H,11-14H2,1-3H3. The molecule has 1 aliphatic rings. The number of rotatable bonds is 3. The first-order valence-corrected chi connectivity index (χ1v) is 13.5. The van der Waals surface area contributed by atoms with Crippen LogP contribution in [0, 0.1) is 5.82 Å². The number of hydrogen-bond acceptors (Lipinski definition) is 2. The van der Waals surface area contributed by atoms with Gasteiger partial charge in [0, 0.05) is 17.0 Å². The van der Waals surface area contributed by atoms with Gasteiger partial charge in [-0.15, -0.1) is 0 Å². The Morgan fingerprint density at radius 3 is 2.16 bits per heavy atom. The van der Waals surface area contributed by atoms with Crippen LogP contribution in [0.25, 0.3) is 27.7 Å². The van der Waals surface area contributed by atoms with Crippen LogP contribution < -0.4 is 5.56 Å². The predicted octanol–water partition coefficient (Wildman–Crippen LogP) is 8.73. The molecule has 192 valence electrons. The number of likely N-dealkylation sites (tertiary alicyclic amines) is 1. The Morgan fingerprint density at radius 1 is 0.865 bits per heavy atom. The molecule has 3 aromatic carbocycles. The largest absolute Gasteiger partial charge is 0.298 e. The molecule has 7 heteroatoms. The lowest BCUT2D eigenvalue weighted by atomic mass is 9.85. The van der Waals surface area contributed by atoms with Crippen molar-refractivity contribution in [3.05, 3.63) is 97.5 Å². The highest BCUT2D eigenvalue weighted by molar-refractivity contribution is 6.37. The number of aromatic nitrogens is 1. The summed E-state index contributed by atoms with van der Waals surface area (Å²) < 4.78 is 16.1. The van der Waals surface area contributed by atoms with E-state index in [2.05, 4.69) is 37.8 Å². The average Bonchev–Trinajstić information content (AvgIpc) is 2.85. The molecule has 4 aromatic rings. The molecule has 0 N–H and O–H groups in total. The minimum Gasteiger partial charge on any atom is -0.298 e. The number of halogens is 4. The molecule has 5 rings (SSSR count). The number of piperidine rings is 1. The molecule has 0 bridgehead atoms. The van der Waals surface area contributed by atoms with Crippen LogP contribution in [0.2, 0.25) is 15.1 Å². The van der Waals surface area contributed by atoms with Gasteiger partial charge in [0.25, 0.3) is 5.56 Å². The second kappa shape index (κ2) is 10.1. The van der Waals surface area contributed by atoms with Crippen molar-refractivity contribution in [2.75, 3.05) is 13.1 Å². The quantitative estimate of drug-likeness (QED) is 0.252. The molecule has 1 saturated heterocycles. The van der Waals surface area contributed by atoms with Crippen molar-refractivity contribution in [3.63, 3.8) is 0 Å². The number of nitrogens with zero attached hydrogens (tertiary/aromatic N) is 2. The fourth-order valence-corrected chi connectivity index (χ4v) is 6.01.